The molecule has 0 aliphatic carbocycles. The van der Waals surface area contributed by atoms with Crippen LogP contribution in [0.25, 0.3) is 0 Å². The van der Waals surface area contributed by atoms with E-state index in [0.717, 1.165) is 35.1 Å². The number of sulfonamides is 1. The molecular weight excluding hydrogens is 408 g/mol. The predicted octanol–water partition coefficient (Wildman–Crippen LogP) is 2.30. The summed E-state index contributed by atoms with van der Waals surface area (Å²) >= 11 is 0. The van der Waals surface area contributed by atoms with Crippen molar-refractivity contribution in [1.29, 1.82) is 0 Å². The summed E-state index contributed by atoms with van der Waals surface area (Å²) < 4.78 is 35.5. The zero-order valence-corrected chi connectivity index (χ0v) is 17.7. The van der Waals surface area contributed by atoms with Crippen LogP contribution >= 0.6 is 0 Å². The number of benzene rings is 2. The van der Waals surface area contributed by atoms with Crippen molar-refractivity contribution >= 4 is 15.9 Å². The van der Waals surface area contributed by atoms with Crippen molar-refractivity contribution in [3.05, 3.63) is 47.5 Å². The van der Waals surface area contributed by atoms with Gasteiger partial charge in [0, 0.05) is 12.6 Å². The number of hydrogen-bond acceptors (Lipinski definition) is 7. The fourth-order valence-corrected chi connectivity index (χ4v) is 4.99. The Labute approximate surface area is 176 Å². The molecule has 2 heterocycles. The van der Waals surface area contributed by atoms with Crippen molar-refractivity contribution in [2.75, 3.05) is 26.8 Å². The molecule has 2 aliphatic heterocycles. The highest BCUT2D eigenvalue weighted by molar-refractivity contribution is 7.90. The number of phenols is 1. The van der Waals surface area contributed by atoms with Crippen molar-refractivity contribution in [3.63, 3.8) is 0 Å². The second kappa shape index (κ2) is 9.36. The first kappa shape index (κ1) is 21.9. The van der Waals surface area contributed by atoms with Crippen LogP contribution in [0.3, 0.4) is 0 Å². The number of aryl methyl sites for hydroxylation is 1. The number of unbranched alkanes of at least 4 members (excludes halogenated alkanes) is 1. The number of nitrogens with two attached hydrogens (primary N) is 1. The number of aromatic hydroxyl groups is 1. The van der Waals surface area contributed by atoms with Crippen molar-refractivity contribution < 1.29 is 27.8 Å². The van der Waals surface area contributed by atoms with Gasteiger partial charge in [0.25, 0.3) is 15.9 Å². The number of fused-ring (bicyclic) bond motifs is 2. The van der Waals surface area contributed by atoms with Crippen LogP contribution in [0.5, 0.6) is 17.2 Å². The van der Waals surface area contributed by atoms with E-state index in [2.05, 4.69) is 0 Å². The smallest absolute Gasteiger partial charge is 0.269 e. The molecule has 9 heteroatoms. The first-order chi connectivity index (χ1) is 14.4. The lowest BCUT2D eigenvalue weighted by molar-refractivity contribution is 0.0869. The zero-order valence-electron chi connectivity index (χ0n) is 16.8. The molecule has 0 unspecified atom stereocenters. The van der Waals surface area contributed by atoms with Crippen LogP contribution in [0.15, 0.2) is 41.3 Å². The Balaban J connectivity index is 0.000000177. The van der Waals surface area contributed by atoms with E-state index >= 15 is 0 Å². The summed E-state index contributed by atoms with van der Waals surface area (Å²) in [6, 6.07) is 9.74. The van der Waals surface area contributed by atoms with Gasteiger partial charge in [-0.15, -0.1) is 0 Å². The molecule has 8 nitrogen and oxygen atoms in total. The second-order valence-corrected chi connectivity index (χ2v) is 8.79. The highest BCUT2D eigenvalue weighted by atomic mass is 32.2. The molecule has 162 valence electrons. The highest BCUT2D eigenvalue weighted by Gasteiger charge is 2.40. The van der Waals surface area contributed by atoms with E-state index in [1.165, 1.54) is 12.1 Å². The minimum Gasteiger partial charge on any atom is -0.504 e. The molecule has 0 bridgehead atoms. The van der Waals surface area contributed by atoms with Gasteiger partial charge in [-0.25, -0.2) is 12.7 Å². The number of carbonyl (C=O) groups is 1. The molecule has 0 saturated heterocycles. The summed E-state index contributed by atoms with van der Waals surface area (Å²) in [6.45, 7) is 1.43. The lowest BCUT2D eigenvalue weighted by Gasteiger charge is -2.18. The van der Waals surface area contributed by atoms with E-state index in [9.17, 15) is 18.3 Å². The molecule has 0 fully saturated rings. The van der Waals surface area contributed by atoms with Gasteiger partial charge in [0.2, 0.25) is 0 Å². The van der Waals surface area contributed by atoms with E-state index in [1.807, 2.05) is 6.07 Å². The molecule has 2 aromatic rings. The zero-order chi connectivity index (χ0) is 21.7. The number of carbonyl (C=O) groups excluding carboxylic acids is 1. The SMILES string of the molecule is COc1cc2c(cc1O)OCCC2.NCCCCN1C(=O)c2ccccc2S1(=O)=O. The highest BCUT2D eigenvalue weighted by Crippen LogP contribution is 2.36. The lowest BCUT2D eigenvalue weighted by Crippen LogP contribution is -2.31. The molecule has 1 amide bonds. The summed E-state index contributed by atoms with van der Waals surface area (Å²) in [7, 11) is -2.09. The number of rotatable bonds is 5. The van der Waals surface area contributed by atoms with Crippen LogP contribution in [0.2, 0.25) is 0 Å². The minimum atomic E-state index is -3.63. The van der Waals surface area contributed by atoms with E-state index in [-0.39, 0.29) is 22.8 Å². The molecule has 2 aliphatic rings. The van der Waals surface area contributed by atoms with Gasteiger partial charge in [0.1, 0.15) is 10.6 Å². The Morgan fingerprint density at radius 2 is 2.00 bits per heavy atom. The first-order valence-electron chi connectivity index (χ1n) is 9.79. The molecule has 0 aromatic heterocycles. The third-order valence-electron chi connectivity index (χ3n) is 4.94. The van der Waals surface area contributed by atoms with Crippen molar-refractivity contribution in [2.24, 2.45) is 5.73 Å². The Morgan fingerprint density at radius 3 is 2.70 bits per heavy atom. The fourth-order valence-electron chi connectivity index (χ4n) is 3.38. The van der Waals surface area contributed by atoms with Gasteiger partial charge in [-0.05, 0) is 56.0 Å². The number of amides is 1. The lowest BCUT2D eigenvalue weighted by atomic mass is 10.1. The van der Waals surface area contributed by atoms with Crippen molar-refractivity contribution in [3.8, 4) is 17.2 Å². The predicted molar refractivity (Wildman–Crippen MR) is 111 cm³/mol. The van der Waals surface area contributed by atoms with E-state index in [1.54, 1.807) is 25.3 Å². The van der Waals surface area contributed by atoms with Crippen LogP contribution in [-0.2, 0) is 16.4 Å². The van der Waals surface area contributed by atoms with Crippen LogP contribution in [-0.4, -0.2) is 50.5 Å². The van der Waals surface area contributed by atoms with Gasteiger partial charge in [0.05, 0.1) is 19.3 Å². The molecular formula is C21H26N2O6S. The average molecular weight is 435 g/mol. The number of methoxy groups -OCH3 is 1. The molecule has 30 heavy (non-hydrogen) atoms. The van der Waals surface area contributed by atoms with Crippen molar-refractivity contribution in [1.82, 2.24) is 4.31 Å². The Bertz CT molecular complexity index is 1020. The van der Waals surface area contributed by atoms with Gasteiger partial charge >= 0.3 is 0 Å². The molecule has 2 aromatic carbocycles. The third kappa shape index (κ3) is 4.36. The maximum absolute atomic E-state index is 12.1. The van der Waals surface area contributed by atoms with Crippen LogP contribution in [0, 0.1) is 0 Å². The quantitative estimate of drug-likeness (QED) is 0.693. The molecule has 0 radical (unpaired) electrons. The Hall–Kier alpha value is -2.78. The van der Waals surface area contributed by atoms with Crippen LogP contribution in [0.1, 0.15) is 35.2 Å². The summed E-state index contributed by atoms with van der Waals surface area (Å²) in [5.41, 5.74) is 6.72. The first-order valence-corrected chi connectivity index (χ1v) is 11.2. The van der Waals surface area contributed by atoms with Gasteiger partial charge in [-0.3, -0.25) is 4.79 Å². The molecule has 0 atom stereocenters. The summed E-state index contributed by atoms with van der Waals surface area (Å²) in [4.78, 5) is 12.0. The Kier molecular flexibility index (Phi) is 6.84. The number of ether oxygens (including phenoxy) is 2. The maximum atomic E-state index is 12.1. The molecule has 3 N–H and O–H groups in total. The van der Waals surface area contributed by atoms with E-state index in [0.29, 0.717) is 25.1 Å². The van der Waals surface area contributed by atoms with Gasteiger partial charge < -0.3 is 20.3 Å². The number of hydrogen-bond donors (Lipinski definition) is 2. The maximum Gasteiger partial charge on any atom is 0.269 e. The summed E-state index contributed by atoms with van der Waals surface area (Å²) in [5.74, 6) is 1.01. The molecule has 0 spiro atoms. The normalized spacial score (nSPS) is 16.1. The van der Waals surface area contributed by atoms with Crippen molar-refractivity contribution in [2.45, 2.75) is 30.6 Å². The van der Waals surface area contributed by atoms with Gasteiger partial charge in [-0.2, -0.15) is 0 Å². The average Bonchev–Trinajstić information content (AvgIpc) is 2.94. The minimum absolute atomic E-state index is 0.109. The van der Waals surface area contributed by atoms with E-state index in [4.69, 9.17) is 15.2 Å². The largest absolute Gasteiger partial charge is 0.504 e. The summed E-state index contributed by atoms with van der Waals surface area (Å²) in [6.07, 6.45) is 3.32. The second-order valence-electron chi connectivity index (χ2n) is 6.96. The standard InChI is InChI=1S/C11H14N2O3S.C10H12O3/c12-7-3-4-8-13-11(14)9-5-1-2-6-10(9)17(13,15)16;1-12-10-5-7-3-2-4-13-9(7)6-8(10)11/h1-2,5-6H,3-4,7-8,12H2;5-6,11H,2-4H2,1H3. The van der Waals surface area contributed by atoms with Crippen LogP contribution in [0.4, 0.5) is 0 Å². The van der Waals surface area contributed by atoms with Gasteiger partial charge in [-0.1, -0.05) is 12.1 Å². The topological polar surface area (TPSA) is 119 Å². The van der Waals surface area contributed by atoms with Gasteiger partial charge in [0.15, 0.2) is 11.5 Å². The molecule has 0 saturated carbocycles. The third-order valence-corrected chi connectivity index (χ3v) is 6.78. The summed E-state index contributed by atoms with van der Waals surface area (Å²) in [5, 5.41) is 9.46. The van der Waals surface area contributed by atoms with Crippen LogP contribution < -0.4 is 15.2 Å². The number of nitrogens with zero attached hydrogens (tertiary/aromatic N) is 1. The Morgan fingerprint density at radius 1 is 1.23 bits per heavy atom. The molecule has 4 rings (SSSR count). The monoisotopic (exact) mass is 434 g/mol. The number of phenolic OH excluding ortho intramolecular Hbond substituents is 1. The fraction of sp³-hybridized carbons (Fsp3) is 0.381. The van der Waals surface area contributed by atoms with E-state index < -0.39 is 15.9 Å².